The summed E-state index contributed by atoms with van der Waals surface area (Å²) in [7, 11) is 1.58. The maximum atomic E-state index is 9.48. The second-order valence-electron chi connectivity index (χ2n) is 5.17. The maximum Gasteiger partial charge on any atom is 0.142 e. The van der Waals surface area contributed by atoms with Crippen molar-refractivity contribution in [3.05, 3.63) is 60.2 Å². The fourth-order valence-corrected chi connectivity index (χ4v) is 2.54. The highest BCUT2D eigenvalue weighted by Gasteiger charge is 2.16. The third-order valence-electron chi connectivity index (χ3n) is 3.72. The number of nitrogens with two attached hydrogens (primary N) is 1. The average molecular weight is 317 g/mol. The lowest BCUT2D eigenvalue weighted by Crippen LogP contribution is -2.00. The lowest BCUT2D eigenvalue weighted by Gasteiger charge is -2.13. The van der Waals surface area contributed by atoms with Gasteiger partial charge in [-0.25, -0.2) is 4.98 Å². The van der Waals surface area contributed by atoms with E-state index in [9.17, 15) is 10.4 Å². The first-order valence-electron chi connectivity index (χ1n) is 7.27. The molecule has 2 aromatic carbocycles. The molecular weight excluding hydrogens is 302 g/mol. The maximum absolute atomic E-state index is 9.48. The first-order valence-corrected chi connectivity index (χ1v) is 7.27. The summed E-state index contributed by atoms with van der Waals surface area (Å²) >= 11 is 0. The number of hydrogen-bond acceptors (Lipinski definition) is 5. The molecule has 0 spiro atoms. The Morgan fingerprint density at radius 3 is 2.46 bits per heavy atom. The molecule has 0 saturated carbocycles. The summed E-state index contributed by atoms with van der Waals surface area (Å²) in [5.41, 5.74) is 9.15. The van der Waals surface area contributed by atoms with Crippen molar-refractivity contribution in [1.82, 2.24) is 4.98 Å². The van der Waals surface area contributed by atoms with Gasteiger partial charge in [0, 0.05) is 16.7 Å². The average Bonchev–Trinajstić information content (AvgIpc) is 2.61. The zero-order valence-electron chi connectivity index (χ0n) is 13.0. The van der Waals surface area contributed by atoms with Crippen LogP contribution in [-0.4, -0.2) is 17.2 Å². The number of aromatic nitrogens is 1. The number of anilines is 1. The number of para-hydroxylation sites is 1. The molecule has 5 nitrogen and oxygen atoms in total. The molecule has 1 heterocycles. The molecule has 0 radical (unpaired) electrons. The summed E-state index contributed by atoms with van der Waals surface area (Å²) in [6.07, 6.45) is 0. The number of hydrogen-bond donors (Lipinski definition) is 2. The Kier molecular flexibility index (Phi) is 4.04. The van der Waals surface area contributed by atoms with E-state index in [0.29, 0.717) is 22.6 Å². The van der Waals surface area contributed by atoms with Crippen molar-refractivity contribution in [3.8, 4) is 40.0 Å². The monoisotopic (exact) mass is 317 g/mol. The topological polar surface area (TPSA) is 92.2 Å². The predicted molar refractivity (Wildman–Crippen MR) is 92.5 cm³/mol. The molecule has 0 amide bonds. The molecule has 0 aliphatic heterocycles. The largest absolute Gasteiger partial charge is 0.508 e. The highest BCUT2D eigenvalue weighted by Crippen LogP contribution is 2.36. The Hall–Kier alpha value is -3.52. The van der Waals surface area contributed by atoms with Gasteiger partial charge in [-0.3, -0.25) is 0 Å². The number of methoxy groups -OCH3 is 1. The van der Waals surface area contributed by atoms with Gasteiger partial charge in [0.2, 0.25) is 0 Å². The number of nitrogens with zero attached hydrogens (tertiary/aromatic N) is 2. The molecule has 0 bridgehead atoms. The summed E-state index contributed by atoms with van der Waals surface area (Å²) in [5.74, 6) is 0.977. The number of ether oxygens (including phenoxy) is 1. The van der Waals surface area contributed by atoms with Crippen molar-refractivity contribution in [2.45, 2.75) is 0 Å². The quantitative estimate of drug-likeness (QED) is 0.770. The Labute approximate surface area is 139 Å². The number of phenolic OH excluding ortho intramolecular Hbond substituents is 1. The van der Waals surface area contributed by atoms with Crippen LogP contribution in [0, 0.1) is 11.3 Å². The van der Waals surface area contributed by atoms with Gasteiger partial charge in [-0.2, -0.15) is 5.26 Å². The normalized spacial score (nSPS) is 10.2. The second-order valence-corrected chi connectivity index (χ2v) is 5.17. The standard InChI is InChI=1S/C19H15N3O2/c1-24-18-5-3-2-4-14(18)15-10-17(22-19(21)16(15)11-20)12-6-8-13(23)9-7-12/h2-10,23H,1H3,(H2,21,22). The van der Waals surface area contributed by atoms with Crippen LogP contribution >= 0.6 is 0 Å². The van der Waals surface area contributed by atoms with Crippen LogP contribution in [0.4, 0.5) is 5.82 Å². The van der Waals surface area contributed by atoms with Gasteiger partial charge in [0.25, 0.3) is 0 Å². The number of nitrogen functional groups attached to an aromatic ring is 1. The van der Waals surface area contributed by atoms with Gasteiger partial charge in [0.05, 0.1) is 12.8 Å². The molecule has 24 heavy (non-hydrogen) atoms. The summed E-state index contributed by atoms with van der Waals surface area (Å²) in [4.78, 5) is 4.32. The van der Waals surface area contributed by atoms with E-state index in [1.807, 2.05) is 24.3 Å². The van der Waals surface area contributed by atoms with Gasteiger partial charge in [-0.05, 0) is 36.4 Å². The van der Waals surface area contributed by atoms with E-state index in [0.717, 1.165) is 11.1 Å². The number of phenols is 1. The predicted octanol–water partition coefficient (Wildman–Crippen LogP) is 3.58. The zero-order valence-corrected chi connectivity index (χ0v) is 13.0. The third kappa shape index (κ3) is 2.73. The highest BCUT2D eigenvalue weighted by molar-refractivity contribution is 5.83. The first kappa shape index (κ1) is 15.4. The number of nitriles is 1. The third-order valence-corrected chi connectivity index (χ3v) is 3.72. The molecular formula is C19H15N3O2. The van der Waals surface area contributed by atoms with Gasteiger partial charge in [-0.1, -0.05) is 18.2 Å². The Balaban J connectivity index is 2.25. The SMILES string of the molecule is COc1ccccc1-c1cc(-c2ccc(O)cc2)nc(N)c1C#N. The molecule has 118 valence electrons. The van der Waals surface area contributed by atoms with E-state index in [2.05, 4.69) is 11.1 Å². The van der Waals surface area contributed by atoms with Crippen LogP contribution in [0.2, 0.25) is 0 Å². The molecule has 1 aromatic heterocycles. The molecule has 0 atom stereocenters. The number of pyridine rings is 1. The van der Waals surface area contributed by atoms with Crippen molar-refractivity contribution >= 4 is 5.82 Å². The van der Waals surface area contributed by atoms with Gasteiger partial charge in [0.1, 0.15) is 28.9 Å². The van der Waals surface area contributed by atoms with Crippen molar-refractivity contribution in [2.75, 3.05) is 12.8 Å². The van der Waals surface area contributed by atoms with E-state index in [-0.39, 0.29) is 11.6 Å². The van der Waals surface area contributed by atoms with Crippen molar-refractivity contribution in [1.29, 1.82) is 5.26 Å². The molecule has 5 heteroatoms. The van der Waals surface area contributed by atoms with Gasteiger partial charge < -0.3 is 15.6 Å². The summed E-state index contributed by atoms with van der Waals surface area (Å²) in [6, 6.07) is 18.0. The van der Waals surface area contributed by atoms with Crippen molar-refractivity contribution in [3.63, 3.8) is 0 Å². The van der Waals surface area contributed by atoms with Crippen LogP contribution < -0.4 is 10.5 Å². The van der Waals surface area contributed by atoms with Crippen LogP contribution in [0.15, 0.2) is 54.6 Å². The highest BCUT2D eigenvalue weighted by atomic mass is 16.5. The van der Waals surface area contributed by atoms with E-state index < -0.39 is 0 Å². The van der Waals surface area contributed by atoms with Crippen molar-refractivity contribution in [2.24, 2.45) is 0 Å². The fraction of sp³-hybridized carbons (Fsp3) is 0.0526. The van der Waals surface area contributed by atoms with Gasteiger partial charge in [-0.15, -0.1) is 0 Å². The fourth-order valence-electron chi connectivity index (χ4n) is 2.54. The Morgan fingerprint density at radius 2 is 1.79 bits per heavy atom. The molecule has 0 saturated heterocycles. The molecule has 0 fully saturated rings. The van der Waals surface area contributed by atoms with Crippen LogP contribution in [0.25, 0.3) is 22.4 Å². The van der Waals surface area contributed by atoms with Crippen LogP contribution in [-0.2, 0) is 0 Å². The molecule has 0 aliphatic rings. The zero-order chi connectivity index (χ0) is 17.1. The smallest absolute Gasteiger partial charge is 0.142 e. The van der Waals surface area contributed by atoms with Gasteiger partial charge in [0.15, 0.2) is 0 Å². The van der Waals surface area contributed by atoms with E-state index in [1.54, 1.807) is 37.4 Å². The van der Waals surface area contributed by atoms with Crippen LogP contribution in [0.1, 0.15) is 5.56 Å². The first-order chi connectivity index (χ1) is 11.6. The number of benzene rings is 2. The lowest BCUT2D eigenvalue weighted by atomic mass is 9.97. The number of rotatable bonds is 3. The van der Waals surface area contributed by atoms with E-state index in [4.69, 9.17) is 10.5 Å². The minimum Gasteiger partial charge on any atom is -0.508 e. The molecule has 3 rings (SSSR count). The van der Waals surface area contributed by atoms with Crippen LogP contribution in [0.5, 0.6) is 11.5 Å². The Bertz CT molecular complexity index is 928. The minimum atomic E-state index is 0.156. The van der Waals surface area contributed by atoms with E-state index in [1.165, 1.54) is 0 Å². The van der Waals surface area contributed by atoms with E-state index >= 15 is 0 Å². The minimum absolute atomic E-state index is 0.156. The van der Waals surface area contributed by atoms with Crippen molar-refractivity contribution < 1.29 is 9.84 Å². The molecule has 0 aliphatic carbocycles. The summed E-state index contributed by atoms with van der Waals surface area (Å²) in [5, 5.41) is 18.9. The summed E-state index contributed by atoms with van der Waals surface area (Å²) in [6.45, 7) is 0. The lowest BCUT2D eigenvalue weighted by molar-refractivity contribution is 0.416. The second kappa shape index (κ2) is 6.31. The Morgan fingerprint density at radius 1 is 1.08 bits per heavy atom. The molecule has 3 N–H and O–H groups in total. The number of aromatic hydroxyl groups is 1. The summed E-state index contributed by atoms with van der Waals surface area (Å²) < 4.78 is 5.40. The van der Waals surface area contributed by atoms with Gasteiger partial charge >= 0.3 is 0 Å². The molecule has 3 aromatic rings. The van der Waals surface area contributed by atoms with Crippen LogP contribution in [0.3, 0.4) is 0 Å². The molecule has 0 unspecified atom stereocenters.